The van der Waals surface area contributed by atoms with Gasteiger partial charge in [0.05, 0.1) is 10.1 Å². The zero-order valence-corrected chi connectivity index (χ0v) is 15.3. The Hall–Kier alpha value is 0.420. The minimum atomic E-state index is -3.26. The van der Waals surface area contributed by atoms with Crippen LogP contribution in [0.1, 0.15) is 30.4 Å². The Labute approximate surface area is 130 Å². The monoisotopic (exact) mass is 416 g/mol. The van der Waals surface area contributed by atoms with Gasteiger partial charge in [-0.25, -0.2) is 8.42 Å². The Balaban J connectivity index is 3.36. The van der Waals surface area contributed by atoms with E-state index in [0.717, 1.165) is 20.1 Å². The molecular formula is C12H15Br2ClO2S. The van der Waals surface area contributed by atoms with Crippen molar-refractivity contribution in [1.82, 2.24) is 0 Å². The van der Waals surface area contributed by atoms with Crippen LogP contribution < -0.4 is 0 Å². The average molecular weight is 419 g/mol. The first-order valence-electron chi connectivity index (χ1n) is 5.27. The first kappa shape index (κ1) is 16.5. The minimum Gasteiger partial charge on any atom is -0.229 e. The van der Waals surface area contributed by atoms with E-state index in [9.17, 15) is 8.42 Å². The predicted octanol–water partition coefficient (Wildman–Crippen LogP) is 4.62. The lowest BCUT2D eigenvalue weighted by Crippen LogP contribution is -2.35. The van der Waals surface area contributed by atoms with Gasteiger partial charge >= 0.3 is 0 Å². The van der Waals surface area contributed by atoms with Gasteiger partial charge in [0.15, 0.2) is 9.84 Å². The van der Waals surface area contributed by atoms with Crippen molar-refractivity contribution in [2.75, 3.05) is 6.26 Å². The van der Waals surface area contributed by atoms with Crippen LogP contribution in [0.25, 0.3) is 0 Å². The van der Waals surface area contributed by atoms with Crippen LogP contribution in [0.15, 0.2) is 21.1 Å². The topological polar surface area (TPSA) is 34.1 Å². The number of aryl methyl sites for hydroxylation is 1. The SMILES string of the molecule is Cc1cc(Br)c(C(Cl)C(C)(C)S(C)(=O)=O)cc1Br. The molecule has 0 aliphatic carbocycles. The standard InChI is InChI=1S/C12H15Br2ClO2S/c1-7-5-10(14)8(6-9(7)13)11(15)12(2,3)18(4,16)17/h5-6,11H,1-4H3. The lowest BCUT2D eigenvalue weighted by atomic mass is 10.0. The molecule has 0 heterocycles. The van der Waals surface area contributed by atoms with Crippen molar-refractivity contribution >= 4 is 53.3 Å². The predicted molar refractivity (Wildman–Crippen MR) is 84.1 cm³/mol. The molecule has 1 aromatic carbocycles. The van der Waals surface area contributed by atoms with E-state index in [2.05, 4.69) is 31.9 Å². The molecule has 2 nitrogen and oxygen atoms in total. The molecule has 1 aromatic rings. The van der Waals surface area contributed by atoms with Crippen LogP contribution in [-0.4, -0.2) is 19.4 Å². The molecule has 0 N–H and O–H groups in total. The van der Waals surface area contributed by atoms with Gasteiger partial charge in [-0.1, -0.05) is 31.9 Å². The maximum Gasteiger partial charge on any atom is 0.154 e. The van der Waals surface area contributed by atoms with Crippen molar-refractivity contribution in [3.05, 3.63) is 32.2 Å². The van der Waals surface area contributed by atoms with Gasteiger partial charge in [-0.3, -0.25) is 0 Å². The molecule has 0 fully saturated rings. The molecule has 0 saturated carbocycles. The first-order valence-corrected chi connectivity index (χ1v) is 9.19. The fourth-order valence-corrected chi connectivity index (χ4v) is 3.77. The van der Waals surface area contributed by atoms with E-state index in [1.54, 1.807) is 13.8 Å². The molecule has 102 valence electrons. The molecule has 0 aliphatic rings. The third kappa shape index (κ3) is 3.11. The van der Waals surface area contributed by atoms with E-state index in [1.165, 1.54) is 6.26 Å². The van der Waals surface area contributed by atoms with Gasteiger partial charge in [0.25, 0.3) is 0 Å². The average Bonchev–Trinajstić information content (AvgIpc) is 2.20. The number of halogens is 3. The summed E-state index contributed by atoms with van der Waals surface area (Å²) in [4.78, 5) is 0. The van der Waals surface area contributed by atoms with Crippen LogP contribution in [0.4, 0.5) is 0 Å². The molecular weight excluding hydrogens is 403 g/mol. The molecule has 1 atom stereocenters. The zero-order chi connectivity index (χ0) is 14.3. The van der Waals surface area contributed by atoms with Gasteiger partial charge in [0, 0.05) is 15.2 Å². The van der Waals surface area contributed by atoms with E-state index < -0.39 is 20.0 Å². The normalized spacial score (nSPS) is 14.6. The van der Waals surface area contributed by atoms with Crippen molar-refractivity contribution in [1.29, 1.82) is 0 Å². The largest absolute Gasteiger partial charge is 0.229 e. The summed E-state index contributed by atoms with van der Waals surface area (Å²) < 4.78 is 24.3. The minimum absolute atomic E-state index is 0.626. The van der Waals surface area contributed by atoms with Gasteiger partial charge in [-0.15, -0.1) is 11.6 Å². The van der Waals surface area contributed by atoms with Gasteiger partial charge < -0.3 is 0 Å². The van der Waals surface area contributed by atoms with Crippen LogP contribution in [0.5, 0.6) is 0 Å². The summed E-state index contributed by atoms with van der Waals surface area (Å²) in [5.41, 5.74) is 1.83. The highest BCUT2D eigenvalue weighted by Gasteiger charge is 2.39. The molecule has 0 radical (unpaired) electrons. The van der Waals surface area contributed by atoms with Gasteiger partial charge in [0.1, 0.15) is 0 Å². The molecule has 1 rings (SSSR count). The summed E-state index contributed by atoms with van der Waals surface area (Å²) in [5, 5.41) is -0.626. The Bertz CT molecular complexity index is 568. The van der Waals surface area contributed by atoms with E-state index in [4.69, 9.17) is 11.6 Å². The molecule has 1 unspecified atom stereocenters. The second-order valence-corrected chi connectivity index (χ2v) is 9.60. The quantitative estimate of drug-likeness (QED) is 0.671. The number of rotatable bonds is 3. The Morgan fingerprint density at radius 1 is 1.22 bits per heavy atom. The highest BCUT2D eigenvalue weighted by atomic mass is 79.9. The Morgan fingerprint density at radius 2 is 1.72 bits per heavy atom. The van der Waals surface area contributed by atoms with Crippen LogP contribution in [0.3, 0.4) is 0 Å². The van der Waals surface area contributed by atoms with E-state index in [-0.39, 0.29) is 0 Å². The lowest BCUT2D eigenvalue weighted by molar-refractivity contribution is 0.543. The van der Waals surface area contributed by atoms with Crippen LogP contribution in [0.2, 0.25) is 0 Å². The molecule has 0 amide bonds. The highest BCUT2D eigenvalue weighted by molar-refractivity contribution is 9.11. The molecule has 18 heavy (non-hydrogen) atoms. The molecule has 0 aliphatic heterocycles. The summed E-state index contributed by atoms with van der Waals surface area (Å²) >= 11 is 13.3. The highest BCUT2D eigenvalue weighted by Crippen LogP contribution is 2.42. The number of sulfone groups is 1. The fraction of sp³-hybridized carbons (Fsp3) is 0.500. The second kappa shape index (κ2) is 5.43. The van der Waals surface area contributed by atoms with Crippen LogP contribution in [0, 0.1) is 6.92 Å². The number of hydrogen-bond donors (Lipinski definition) is 0. The number of hydrogen-bond acceptors (Lipinski definition) is 2. The molecule has 6 heteroatoms. The summed E-state index contributed by atoms with van der Waals surface area (Å²) in [6, 6.07) is 3.79. The van der Waals surface area contributed by atoms with Gasteiger partial charge in [-0.2, -0.15) is 0 Å². The fourth-order valence-electron chi connectivity index (χ4n) is 1.42. The summed E-state index contributed by atoms with van der Waals surface area (Å²) in [5.74, 6) is 0. The lowest BCUT2D eigenvalue weighted by Gasteiger charge is -2.29. The van der Waals surface area contributed by atoms with Gasteiger partial charge in [0.2, 0.25) is 0 Å². The number of benzene rings is 1. The maximum absolute atomic E-state index is 11.8. The molecule has 0 spiro atoms. The summed E-state index contributed by atoms with van der Waals surface area (Å²) in [7, 11) is -3.26. The van der Waals surface area contributed by atoms with Crippen molar-refractivity contribution in [3.63, 3.8) is 0 Å². The van der Waals surface area contributed by atoms with Crippen molar-refractivity contribution in [2.24, 2.45) is 0 Å². The summed E-state index contributed by atoms with van der Waals surface area (Å²) in [6.45, 7) is 5.24. The van der Waals surface area contributed by atoms with Crippen molar-refractivity contribution < 1.29 is 8.42 Å². The Kier molecular flexibility index (Phi) is 4.97. The van der Waals surface area contributed by atoms with Gasteiger partial charge in [-0.05, 0) is 44.0 Å². The molecule has 0 aromatic heterocycles. The number of alkyl halides is 1. The van der Waals surface area contributed by atoms with Crippen molar-refractivity contribution in [2.45, 2.75) is 30.9 Å². The third-order valence-electron chi connectivity index (χ3n) is 3.12. The molecule has 0 saturated heterocycles. The van der Waals surface area contributed by atoms with E-state index >= 15 is 0 Å². The van der Waals surface area contributed by atoms with E-state index in [0.29, 0.717) is 0 Å². The molecule has 0 bridgehead atoms. The van der Waals surface area contributed by atoms with Crippen molar-refractivity contribution in [3.8, 4) is 0 Å². The second-order valence-electron chi connectivity index (χ2n) is 4.86. The Morgan fingerprint density at radius 3 is 2.17 bits per heavy atom. The van der Waals surface area contributed by atoms with Crippen LogP contribution >= 0.6 is 43.5 Å². The maximum atomic E-state index is 11.8. The van der Waals surface area contributed by atoms with Crippen LogP contribution in [-0.2, 0) is 9.84 Å². The summed E-state index contributed by atoms with van der Waals surface area (Å²) in [6.07, 6.45) is 1.21. The van der Waals surface area contributed by atoms with E-state index in [1.807, 2.05) is 19.1 Å². The zero-order valence-electron chi connectivity index (χ0n) is 10.6. The third-order valence-corrected chi connectivity index (χ3v) is 7.72. The first-order chi connectivity index (χ1) is 7.98. The smallest absolute Gasteiger partial charge is 0.154 e.